The molecule has 12 rings (SSSR count). The second-order valence-corrected chi connectivity index (χ2v) is 16.5. The first-order valence-corrected chi connectivity index (χ1v) is 22.3. The standard InChI is InChI=1S/C62H43N3/c1-4-19-45(20-5-1)54-26-14-16-30-59(54)65(51-37-32-44-18-10-11-21-47(44)42-51)61-41-40-53(55-27-12-13-28-56(55)61)46-33-35-50(36-34-46)63(48-22-6-2-7-23-48)52-38-39-58-57-29-15-17-31-60(57)64(62(58)43-52)49-24-8-3-9-25-49/h1-43H. The van der Waals surface area contributed by atoms with Crippen LogP contribution in [0.4, 0.5) is 34.1 Å². The van der Waals surface area contributed by atoms with Crippen molar-refractivity contribution in [3.05, 3.63) is 261 Å². The van der Waals surface area contributed by atoms with E-state index in [1.807, 2.05) is 0 Å². The smallest absolute Gasteiger partial charge is 0.0561 e. The molecule has 0 amide bonds. The first-order valence-electron chi connectivity index (χ1n) is 22.3. The van der Waals surface area contributed by atoms with E-state index in [0.29, 0.717) is 0 Å². The number of nitrogens with zero attached hydrogens (tertiary/aromatic N) is 3. The van der Waals surface area contributed by atoms with Crippen LogP contribution in [0.25, 0.3) is 71.3 Å². The van der Waals surface area contributed by atoms with Gasteiger partial charge in [-0.3, -0.25) is 0 Å². The van der Waals surface area contributed by atoms with Crippen molar-refractivity contribution in [1.82, 2.24) is 4.57 Å². The van der Waals surface area contributed by atoms with Crippen LogP contribution in [0.1, 0.15) is 0 Å². The molecular weight excluding hydrogens is 787 g/mol. The van der Waals surface area contributed by atoms with Gasteiger partial charge in [-0.2, -0.15) is 0 Å². The lowest BCUT2D eigenvalue weighted by atomic mass is 9.95. The molecule has 65 heavy (non-hydrogen) atoms. The summed E-state index contributed by atoms with van der Waals surface area (Å²) in [5, 5.41) is 7.27. The third-order valence-electron chi connectivity index (χ3n) is 12.7. The van der Waals surface area contributed by atoms with Crippen molar-refractivity contribution in [1.29, 1.82) is 0 Å². The van der Waals surface area contributed by atoms with Crippen molar-refractivity contribution in [3.8, 4) is 27.9 Å². The molecule has 0 fully saturated rings. The molecule has 1 aromatic heterocycles. The molecule has 0 radical (unpaired) electrons. The minimum atomic E-state index is 1.09. The highest BCUT2D eigenvalue weighted by Gasteiger charge is 2.22. The van der Waals surface area contributed by atoms with E-state index in [9.17, 15) is 0 Å². The Morgan fingerprint density at radius 1 is 0.262 bits per heavy atom. The van der Waals surface area contributed by atoms with Crippen molar-refractivity contribution in [2.24, 2.45) is 0 Å². The quantitative estimate of drug-likeness (QED) is 0.144. The Morgan fingerprint density at radius 2 is 0.815 bits per heavy atom. The Labute approximate surface area is 378 Å². The second-order valence-electron chi connectivity index (χ2n) is 16.5. The summed E-state index contributed by atoms with van der Waals surface area (Å²) in [5.41, 5.74) is 14.8. The molecule has 0 aliphatic rings. The average Bonchev–Trinajstić information content (AvgIpc) is 3.71. The van der Waals surface area contributed by atoms with Crippen molar-refractivity contribution >= 4 is 77.5 Å². The van der Waals surface area contributed by atoms with Gasteiger partial charge in [0.2, 0.25) is 0 Å². The summed E-state index contributed by atoms with van der Waals surface area (Å²) in [5.74, 6) is 0. The molecule has 0 bridgehead atoms. The SMILES string of the molecule is c1ccc(-c2ccccc2N(c2ccc3ccccc3c2)c2ccc(-c3ccc(N(c4ccccc4)c4ccc5c6ccccc6n(-c6ccccc6)c5c4)cc3)c3ccccc23)cc1. The predicted octanol–water partition coefficient (Wildman–Crippen LogP) is 17.4. The molecule has 0 saturated carbocycles. The first kappa shape index (κ1) is 38.0. The lowest BCUT2D eigenvalue weighted by molar-refractivity contribution is 1.18. The van der Waals surface area contributed by atoms with E-state index in [0.717, 1.165) is 45.4 Å². The van der Waals surface area contributed by atoms with Crippen LogP contribution in [0, 0.1) is 0 Å². The lowest BCUT2D eigenvalue weighted by Gasteiger charge is -2.30. The number of hydrogen-bond donors (Lipinski definition) is 0. The Kier molecular flexibility index (Phi) is 9.50. The van der Waals surface area contributed by atoms with Gasteiger partial charge in [0.15, 0.2) is 0 Å². The molecule has 0 spiro atoms. The fourth-order valence-corrected chi connectivity index (χ4v) is 9.75. The normalized spacial score (nSPS) is 11.4. The number of aromatic nitrogens is 1. The molecule has 1 heterocycles. The van der Waals surface area contributed by atoms with Crippen molar-refractivity contribution < 1.29 is 0 Å². The van der Waals surface area contributed by atoms with E-state index >= 15 is 0 Å². The fraction of sp³-hybridized carbons (Fsp3) is 0. The Balaban J connectivity index is 0.985. The van der Waals surface area contributed by atoms with Gasteiger partial charge >= 0.3 is 0 Å². The number of anilines is 6. The zero-order chi connectivity index (χ0) is 43.1. The third kappa shape index (κ3) is 6.78. The number of para-hydroxylation sites is 4. The number of benzene rings is 11. The summed E-state index contributed by atoms with van der Waals surface area (Å²) in [6.07, 6.45) is 0. The van der Waals surface area contributed by atoms with Gasteiger partial charge in [-0.1, -0.05) is 182 Å². The number of rotatable bonds is 9. The minimum Gasteiger partial charge on any atom is -0.310 e. The van der Waals surface area contributed by atoms with Crippen LogP contribution in [0.2, 0.25) is 0 Å². The maximum absolute atomic E-state index is 2.44. The van der Waals surface area contributed by atoms with E-state index in [1.54, 1.807) is 0 Å². The van der Waals surface area contributed by atoms with Gasteiger partial charge in [-0.05, 0) is 112 Å². The van der Waals surface area contributed by atoms with Crippen LogP contribution in [-0.4, -0.2) is 4.57 Å². The van der Waals surface area contributed by atoms with Crippen molar-refractivity contribution in [2.45, 2.75) is 0 Å². The maximum atomic E-state index is 2.44. The summed E-state index contributed by atoms with van der Waals surface area (Å²) in [6, 6.07) is 94.4. The zero-order valence-corrected chi connectivity index (χ0v) is 35.7. The summed E-state index contributed by atoms with van der Waals surface area (Å²) in [4.78, 5) is 4.80. The Morgan fingerprint density at radius 3 is 1.62 bits per heavy atom. The fourth-order valence-electron chi connectivity index (χ4n) is 9.75. The highest BCUT2D eigenvalue weighted by molar-refractivity contribution is 6.11. The maximum Gasteiger partial charge on any atom is 0.0561 e. The van der Waals surface area contributed by atoms with E-state index in [4.69, 9.17) is 0 Å². The van der Waals surface area contributed by atoms with Gasteiger partial charge in [-0.25, -0.2) is 0 Å². The van der Waals surface area contributed by atoms with Crippen LogP contribution in [0.15, 0.2) is 261 Å². The Bertz CT molecular complexity index is 3650. The largest absolute Gasteiger partial charge is 0.310 e. The van der Waals surface area contributed by atoms with Crippen LogP contribution in [0.5, 0.6) is 0 Å². The van der Waals surface area contributed by atoms with Crippen LogP contribution >= 0.6 is 0 Å². The van der Waals surface area contributed by atoms with E-state index < -0.39 is 0 Å². The second kappa shape index (κ2) is 16.2. The molecule has 0 aliphatic heterocycles. The molecule has 3 heteroatoms. The van der Waals surface area contributed by atoms with Gasteiger partial charge in [0.25, 0.3) is 0 Å². The van der Waals surface area contributed by atoms with Crippen LogP contribution < -0.4 is 9.80 Å². The van der Waals surface area contributed by atoms with Crippen molar-refractivity contribution in [2.75, 3.05) is 9.80 Å². The zero-order valence-electron chi connectivity index (χ0n) is 35.7. The highest BCUT2D eigenvalue weighted by Crippen LogP contribution is 2.46. The highest BCUT2D eigenvalue weighted by atomic mass is 15.2. The van der Waals surface area contributed by atoms with Gasteiger partial charge in [-0.15, -0.1) is 0 Å². The molecule has 0 aliphatic carbocycles. The summed E-state index contributed by atoms with van der Waals surface area (Å²) in [6.45, 7) is 0. The molecule has 306 valence electrons. The molecule has 0 saturated heterocycles. The molecule has 3 nitrogen and oxygen atoms in total. The molecule has 11 aromatic carbocycles. The topological polar surface area (TPSA) is 11.4 Å². The van der Waals surface area contributed by atoms with E-state index in [1.165, 1.54) is 60.0 Å². The molecule has 0 atom stereocenters. The lowest BCUT2D eigenvalue weighted by Crippen LogP contribution is -2.12. The first-order chi connectivity index (χ1) is 32.3. The predicted molar refractivity (Wildman–Crippen MR) is 276 cm³/mol. The van der Waals surface area contributed by atoms with Crippen LogP contribution in [0.3, 0.4) is 0 Å². The number of fused-ring (bicyclic) bond motifs is 5. The summed E-state index contributed by atoms with van der Waals surface area (Å²) in [7, 11) is 0. The average molecular weight is 830 g/mol. The summed E-state index contributed by atoms with van der Waals surface area (Å²) >= 11 is 0. The summed E-state index contributed by atoms with van der Waals surface area (Å²) < 4.78 is 2.39. The molecular formula is C62H43N3. The Hall–Kier alpha value is -8.66. The van der Waals surface area contributed by atoms with Gasteiger partial charge in [0.05, 0.1) is 22.4 Å². The third-order valence-corrected chi connectivity index (χ3v) is 12.7. The monoisotopic (exact) mass is 829 g/mol. The molecule has 0 N–H and O–H groups in total. The van der Waals surface area contributed by atoms with E-state index in [-0.39, 0.29) is 0 Å². The van der Waals surface area contributed by atoms with Gasteiger partial charge < -0.3 is 14.4 Å². The van der Waals surface area contributed by atoms with Gasteiger partial charge in [0.1, 0.15) is 0 Å². The van der Waals surface area contributed by atoms with Gasteiger partial charge in [0, 0.05) is 50.2 Å². The number of hydrogen-bond acceptors (Lipinski definition) is 2. The van der Waals surface area contributed by atoms with Crippen LogP contribution in [-0.2, 0) is 0 Å². The molecule has 0 unspecified atom stereocenters. The molecule has 12 aromatic rings. The van der Waals surface area contributed by atoms with E-state index in [2.05, 4.69) is 275 Å². The van der Waals surface area contributed by atoms with Crippen molar-refractivity contribution in [3.63, 3.8) is 0 Å². The minimum absolute atomic E-state index is 1.09.